The van der Waals surface area contributed by atoms with Crippen molar-refractivity contribution < 1.29 is 4.92 Å². The summed E-state index contributed by atoms with van der Waals surface area (Å²) >= 11 is 7.46. The summed E-state index contributed by atoms with van der Waals surface area (Å²) in [5, 5.41) is 11.3. The third-order valence-corrected chi connectivity index (χ3v) is 3.49. The Kier molecular flexibility index (Phi) is 5.74. The Hall–Kier alpha value is -0.780. The minimum atomic E-state index is -0.377. The second-order valence-electron chi connectivity index (χ2n) is 3.85. The van der Waals surface area contributed by atoms with E-state index in [9.17, 15) is 10.1 Å². The van der Waals surface area contributed by atoms with E-state index in [4.69, 9.17) is 17.3 Å². The zero-order chi connectivity index (χ0) is 12.8. The predicted molar refractivity (Wildman–Crippen MR) is 72.5 cm³/mol. The monoisotopic (exact) mass is 274 g/mol. The summed E-state index contributed by atoms with van der Waals surface area (Å²) < 4.78 is 0. The molecule has 0 saturated heterocycles. The first-order valence-electron chi connectivity index (χ1n) is 5.27. The van der Waals surface area contributed by atoms with Crippen LogP contribution in [0, 0.1) is 10.1 Å². The zero-order valence-corrected chi connectivity index (χ0v) is 11.1. The van der Waals surface area contributed by atoms with E-state index < -0.39 is 0 Å². The molecule has 1 aromatic carbocycles. The van der Waals surface area contributed by atoms with Gasteiger partial charge in [0.2, 0.25) is 0 Å². The first-order valence-corrected chi connectivity index (χ1v) is 6.80. The molecule has 1 rings (SSSR count). The molecule has 0 heterocycles. The normalized spacial score (nSPS) is 12.4. The van der Waals surface area contributed by atoms with E-state index in [0.717, 1.165) is 12.2 Å². The Labute approximate surface area is 110 Å². The Bertz CT molecular complexity index is 399. The molecular weight excluding hydrogens is 260 g/mol. The summed E-state index contributed by atoms with van der Waals surface area (Å²) in [7, 11) is 0. The van der Waals surface area contributed by atoms with Gasteiger partial charge < -0.3 is 5.73 Å². The van der Waals surface area contributed by atoms with Crippen LogP contribution in [-0.2, 0) is 5.75 Å². The number of nitro groups is 1. The van der Waals surface area contributed by atoms with Gasteiger partial charge in [-0.25, -0.2) is 0 Å². The molecule has 1 unspecified atom stereocenters. The number of halogens is 1. The fourth-order valence-corrected chi connectivity index (χ4v) is 2.63. The number of nitro benzene ring substituents is 1. The minimum Gasteiger partial charge on any atom is -0.328 e. The molecule has 0 bridgehead atoms. The number of benzene rings is 1. The molecule has 1 atom stereocenters. The van der Waals surface area contributed by atoms with Gasteiger partial charge in [0.15, 0.2) is 0 Å². The van der Waals surface area contributed by atoms with Crippen molar-refractivity contribution >= 4 is 29.1 Å². The molecule has 1 aromatic rings. The second-order valence-corrected chi connectivity index (χ2v) is 5.39. The molecule has 0 spiro atoms. The number of nitrogens with zero attached hydrogens (tertiary/aromatic N) is 1. The number of nitrogens with two attached hydrogens (primary N) is 1. The van der Waals surface area contributed by atoms with Gasteiger partial charge >= 0.3 is 0 Å². The summed E-state index contributed by atoms with van der Waals surface area (Å²) in [5.41, 5.74) is 6.42. The molecule has 6 heteroatoms. The average molecular weight is 275 g/mol. The highest BCUT2D eigenvalue weighted by molar-refractivity contribution is 7.98. The molecule has 17 heavy (non-hydrogen) atoms. The Morgan fingerprint density at radius 2 is 2.29 bits per heavy atom. The van der Waals surface area contributed by atoms with E-state index in [0.29, 0.717) is 16.3 Å². The lowest BCUT2D eigenvalue weighted by molar-refractivity contribution is -0.385. The van der Waals surface area contributed by atoms with Crippen LogP contribution in [0.15, 0.2) is 18.2 Å². The molecule has 2 N–H and O–H groups in total. The second kappa shape index (κ2) is 6.83. The van der Waals surface area contributed by atoms with E-state index in [2.05, 4.69) is 0 Å². The Balaban J connectivity index is 2.62. The molecule has 0 aromatic heterocycles. The molecule has 0 saturated carbocycles. The van der Waals surface area contributed by atoms with Gasteiger partial charge in [-0.3, -0.25) is 10.1 Å². The van der Waals surface area contributed by atoms with Gasteiger partial charge in [-0.15, -0.1) is 0 Å². The third kappa shape index (κ3) is 4.93. The Morgan fingerprint density at radius 1 is 1.59 bits per heavy atom. The minimum absolute atomic E-state index is 0.127. The van der Waals surface area contributed by atoms with Crippen LogP contribution >= 0.6 is 23.4 Å². The number of hydrogen-bond donors (Lipinski definition) is 1. The molecule has 94 valence electrons. The molecule has 0 radical (unpaired) electrons. The van der Waals surface area contributed by atoms with E-state index in [1.807, 2.05) is 6.92 Å². The van der Waals surface area contributed by atoms with Crippen LogP contribution in [0.2, 0.25) is 5.02 Å². The zero-order valence-electron chi connectivity index (χ0n) is 9.56. The largest absolute Gasteiger partial charge is 0.328 e. The van der Waals surface area contributed by atoms with Gasteiger partial charge in [-0.05, 0) is 31.2 Å². The van der Waals surface area contributed by atoms with Gasteiger partial charge in [-0.1, -0.05) is 11.6 Å². The van der Waals surface area contributed by atoms with Crippen LogP contribution in [0.25, 0.3) is 0 Å². The van der Waals surface area contributed by atoms with Crippen LogP contribution < -0.4 is 5.73 Å². The van der Waals surface area contributed by atoms with Gasteiger partial charge in [0, 0.05) is 28.4 Å². The van der Waals surface area contributed by atoms with Crippen molar-refractivity contribution in [3.8, 4) is 0 Å². The van der Waals surface area contributed by atoms with Gasteiger partial charge in [0.05, 0.1) is 4.92 Å². The van der Waals surface area contributed by atoms with Crippen molar-refractivity contribution in [3.05, 3.63) is 38.9 Å². The predicted octanol–water partition coefficient (Wildman–Crippen LogP) is 3.22. The summed E-state index contributed by atoms with van der Waals surface area (Å²) in [4.78, 5) is 10.4. The van der Waals surface area contributed by atoms with Gasteiger partial charge in [0.25, 0.3) is 5.69 Å². The van der Waals surface area contributed by atoms with Crippen LogP contribution in [0.3, 0.4) is 0 Å². The van der Waals surface area contributed by atoms with Crippen LogP contribution in [-0.4, -0.2) is 16.7 Å². The number of rotatable bonds is 6. The average Bonchev–Trinajstić information content (AvgIpc) is 2.23. The maximum atomic E-state index is 10.8. The molecule has 0 aliphatic carbocycles. The SMILES string of the molecule is CC(N)CCSCc1cc(Cl)ccc1[N+](=O)[O-]. The lowest BCUT2D eigenvalue weighted by Crippen LogP contribution is -2.15. The fraction of sp³-hybridized carbons (Fsp3) is 0.455. The van der Waals surface area contributed by atoms with Crippen molar-refractivity contribution in [1.82, 2.24) is 0 Å². The first kappa shape index (κ1) is 14.3. The number of hydrogen-bond acceptors (Lipinski definition) is 4. The van der Waals surface area contributed by atoms with Gasteiger partial charge in [-0.2, -0.15) is 11.8 Å². The topological polar surface area (TPSA) is 69.2 Å². The number of thioether (sulfide) groups is 1. The highest BCUT2D eigenvalue weighted by Gasteiger charge is 2.13. The van der Waals surface area contributed by atoms with E-state index in [1.165, 1.54) is 12.1 Å². The first-order chi connectivity index (χ1) is 8.00. The lowest BCUT2D eigenvalue weighted by atomic mass is 10.2. The van der Waals surface area contributed by atoms with Crippen molar-refractivity contribution in [2.75, 3.05) is 5.75 Å². The lowest BCUT2D eigenvalue weighted by Gasteiger charge is -2.05. The van der Waals surface area contributed by atoms with Crippen molar-refractivity contribution in [3.63, 3.8) is 0 Å². The summed E-state index contributed by atoms with van der Waals surface area (Å²) in [6.45, 7) is 1.95. The molecule has 0 aliphatic heterocycles. The summed E-state index contributed by atoms with van der Waals surface area (Å²) in [5.74, 6) is 1.48. The smallest absolute Gasteiger partial charge is 0.273 e. The van der Waals surface area contributed by atoms with Crippen LogP contribution in [0.4, 0.5) is 5.69 Å². The standard InChI is InChI=1S/C11H15ClN2O2S/c1-8(13)4-5-17-7-9-6-10(12)2-3-11(9)14(15)16/h2-3,6,8H,4-5,7,13H2,1H3. The molecule has 0 amide bonds. The summed E-state index contributed by atoms with van der Waals surface area (Å²) in [6.07, 6.45) is 0.902. The fourth-order valence-electron chi connectivity index (χ4n) is 1.30. The molecule has 4 nitrogen and oxygen atoms in total. The quantitative estimate of drug-likeness (QED) is 0.491. The maximum Gasteiger partial charge on any atom is 0.273 e. The maximum absolute atomic E-state index is 10.8. The third-order valence-electron chi connectivity index (χ3n) is 2.21. The van der Waals surface area contributed by atoms with E-state index in [1.54, 1.807) is 17.8 Å². The van der Waals surface area contributed by atoms with Crippen molar-refractivity contribution in [1.29, 1.82) is 0 Å². The van der Waals surface area contributed by atoms with Gasteiger partial charge in [0.1, 0.15) is 0 Å². The molecular formula is C11H15ClN2O2S. The van der Waals surface area contributed by atoms with E-state index in [-0.39, 0.29) is 16.7 Å². The van der Waals surface area contributed by atoms with Crippen molar-refractivity contribution in [2.45, 2.75) is 25.1 Å². The highest BCUT2D eigenvalue weighted by atomic mass is 35.5. The van der Waals surface area contributed by atoms with Crippen LogP contribution in [0.5, 0.6) is 0 Å². The summed E-state index contributed by atoms with van der Waals surface area (Å²) in [6, 6.07) is 4.80. The van der Waals surface area contributed by atoms with E-state index >= 15 is 0 Å². The Morgan fingerprint density at radius 3 is 2.88 bits per heavy atom. The molecule has 0 fully saturated rings. The van der Waals surface area contributed by atoms with Crippen molar-refractivity contribution in [2.24, 2.45) is 5.73 Å². The van der Waals surface area contributed by atoms with Crippen LogP contribution in [0.1, 0.15) is 18.9 Å². The molecule has 0 aliphatic rings. The highest BCUT2D eigenvalue weighted by Crippen LogP contribution is 2.26.